The van der Waals surface area contributed by atoms with Gasteiger partial charge in [-0.1, -0.05) is 28.8 Å². The summed E-state index contributed by atoms with van der Waals surface area (Å²) in [4.78, 5) is 0.422. The van der Waals surface area contributed by atoms with Crippen LogP contribution in [0.2, 0.25) is 0 Å². The Labute approximate surface area is 135 Å². The van der Waals surface area contributed by atoms with Gasteiger partial charge in [-0.3, -0.25) is 0 Å². The molecule has 3 nitrogen and oxygen atoms in total. The summed E-state index contributed by atoms with van der Waals surface area (Å²) in [5.41, 5.74) is 1.40. The van der Waals surface area contributed by atoms with Crippen LogP contribution in [0, 0.1) is 12.3 Å². The highest BCUT2D eigenvalue weighted by atomic mass is 79.9. The van der Waals surface area contributed by atoms with Crippen molar-refractivity contribution in [1.29, 1.82) is 0 Å². The molecule has 1 aliphatic heterocycles. The molecule has 1 spiro atoms. The van der Waals surface area contributed by atoms with Crippen molar-refractivity contribution in [2.75, 3.05) is 13.1 Å². The van der Waals surface area contributed by atoms with Gasteiger partial charge in [-0.25, -0.2) is 8.42 Å². The van der Waals surface area contributed by atoms with Crippen LogP contribution in [0.25, 0.3) is 0 Å². The molecule has 0 radical (unpaired) electrons. The Hall–Kier alpha value is -0.390. The van der Waals surface area contributed by atoms with Crippen LogP contribution in [0.4, 0.5) is 0 Å². The van der Waals surface area contributed by atoms with Crippen molar-refractivity contribution in [3.8, 4) is 0 Å². The maximum Gasteiger partial charge on any atom is 0.243 e. The third-order valence-corrected chi connectivity index (χ3v) is 8.00. The highest BCUT2D eigenvalue weighted by Gasteiger charge is 2.40. The van der Waals surface area contributed by atoms with Gasteiger partial charge in [-0.15, -0.1) is 0 Å². The number of piperidine rings is 1. The first kappa shape index (κ1) is 15.5. The summed E-state index contributed by atoms with van der Waals surface area (Å²) >= 11 is 3.42. The second kappa shape index (κ2) is 5.67. The van der Waals surface area contributed by atoms with Crippen molar-refractivity contribution in [1.82, 2.24) is 4.31 Å². The number of rotatable bonds is 2. The molecular weight excluding hydrogens is 350 g/mol. The van der Waals surface area contributed by atoms with Gasteiger partial charge in [0, 0.05) is 17.6 Å². The van der Waals surface area contributed by atoms with E-state index in [0.717, 1.165) is 22.9 Å². The maximum absolute atomic E-state index is 12.8. The molecular formula is C16H22BrNO2S. The molecule has 116 valence electrons. The number of hydrogen-bond acceptors (Lipinski definition) is 2. The molecule has 1 aromatic carbocycles. The molecule has 0 N–H and O–H groups in total. The second-order valence-electron chi connectivity index (χ2n) is 6.52. The van der Waals surface area contributed by atoms with Crippen LogP contribution in [0.3, 0.4) is 0 Å². The summed E-state index contributed by atoms with van der Waals surface area (Å²) in [6, 6.07) is 5.29. The lowest BCUT2D eigenvalue weighted by atomic mass is 9.78. The molecule has 1 aliphatic carbocycles. The third kappa shape index (κ3) is 2.92. The first-order chi connectivity index (χ1) is 9.93. The molecule has 1 saturated heterocycles. The zero-order valence-corrected chi connectivity index (χ0v) is 14.8. The second-order valence-corrected chi connectivity index (χ2v) is 9.31. The van der Waals surface area contributed by atoms with E-state index in [1.807, 2.05) is 13.0 Å². The minimum Gasteiger partial charge on any atom is -0.207 e. The Morgan fingerprint density at radius 1 is 1.10 bits per heavy atom. The SMILES string of the molecule is Cc1cc(S(=O)(=O)N2CCC3(CCCC3)CC2)ccc1Br. The van der Waals surface area contributed by atoms with E-state index in [4.69, 9.17) is 0 Å². The van der Waals surface area contributed by atoms with E-state index in [1.54, 1.807) is 16.4 Å². The number of benzene rings is 1. The summed E-state index contributed by atoms with van der Waals surface area (Å²) < 4.78 is 28.2. The van der Waals surface area contributed by atoms with E-state index in [2.05, 4.69) is 15.9 Å². The predicted molar refractivity (Wildman–Crippen MR) is 87.8 cm³/mol. The number of hydrogen-bond donors (Lipinski definition) is 0. The number of halogens is 1. The molecule has 2 aliphatic rings. The zero-order valence-electron chi connectivity index (χ0n) is 12.4. The predicted octanol–water partition coefficient (Wildman–Crippen LogP) is 4.10. The van der Waals surface area contributed by atoms with Gasteiger partial charge in [0.15, 0.2) is 0 Å². The highest BCUT2D eigenvalue weighted by molar-refractivity contribution is 9.10. The fourth-order valence-corrected chi connectivity index (χ4v) is 5.53. The molecule has 1 aromatic rings. The monoisotopic (exact) mass is 371 g/mol. The highest BCUT2D eigenvalue weighted by Crippen LogP contribution is 2.46. The Kier molecular flexibility index (Phi) is 4.19. The lowest BCUT2D eigenvalue weighted by Crippen LogP contribution is -2.42. The molecule has 0 unspecified atom stereocenters. The van der Waals surface area contributed by atoms with Gasteiger partial charge in [0.05, 0.1) is 4.90 Å². The quantitative estimate of drug-likeness (QED) is 0.784. The van der Waals surface area contributed by atoms with Gasteiger partial charge in [-0.05, 0) is 61.8 Å². The molecule has 0 aromatic heterocycles. The molecule has 1 saturated carbocycles. The number of aryl methyl sites for hydroxylation is 1. The molecule has 0 atom stereocenters. The average Bonchev–Trinajstić information content (AvgIpc) is 2.90. The minimum atomic E-state index is -3.34. The lowest BCUT2D eigenvalue weighted by Gasteiger charge is -2.38. The zero-order chi connectivity index (χ0) is 15.1. The van der Waals surface area contributed by atoms with Crippen molar-refractivity contribution >= 4 is 26.0 Å². The van der Waals surface area contributed by atoms with Crippen LogP contribution in [-0.2, 0) is 10.0 Å². The van der Waals surface area contributed by atoms with E-state index in [0.29, 0.717) is 23.4 Å². The van der Waals surface area contributed by atoms with Crippen LogP contribution in [0.5, 0.6) is 0 Å². The van der Waals surface area contributed by atoms with Crippen LogP contribution in [-0.4, -0.2) is 25.8 Å². The molecule has 0 amide bonds. The standard InChI is InChI=1S/C16H22BrNO2S/c1-13-12-14(4-5-15(13)17)21(19,20)18-10-8-16(9-11-18)6-2-3-7-16/h4-5,12H,2-3,6-11H2,1H3. The van der Waals surface area contributed by atoms with E-state index >= 15 is 0 Å². The Bertz CT molecular complexity index is 626. The van der Waals surface area contributed by atoms with Gasteiger partial charge in [-0.2, -0.15) is 4.31 Å². The van der Waals surface area contributed by atoms with Gasteiger partial charge < -0.3 is 0 Å². The largest absolute Gasteiger partial charge is 0.243 e. The van der Waals surface area contributed by atoms with Crippen LogP contribution in [0.1, 0.15) is 44.1 Å². The number of nitrogens with zero attached hydrogens (tertiary/aromatic N) is 1. The van der Waals surface area contributed by atoms with Gasteiger partial charge in [0.25, 0.3) is 0 Å². The molecule has 3 rings (SSSR count). The van der Waals surface area contributed by atoms with E-state index in [-0.39, 0.29) is 0 Å². The third-order valence-electron chi connectivity index (χ3n) is 5.21. The van der Waals surface area contributed by atoms with Gasteiger partial charge in [0.2, 0.25) is 10.0 Å². The maximum atomic E-state index is 12.8. The Morgan fingerprint density at radius 2 is 1.71 bits per heavy atom. The van der Waals surface area contributed by atoms with Crippen molar-refractivity contribution in [2.24, 2.45) is 5.41 Å². The Balaban J connectivity index is 1.78. The lowest BCUT2D eigenvalue weighted by molar-refractivity contribution is 0.160. The van der Waals surface area contributed by atoms with Crippen molar-refractivity contribution < 1.29 is 8.42 Å². The van der Waals surface area contributed by atoms with E-state index in [1.165, 1.54) is 25.7 Å². The summed E-state index contributed by atoms with van der Waals surface area (Å²) in [5.74, 6) is 0. The molecule has 5 heteroatoms. The normalized spacial score (nSPS) is 22.8. The van der Waals surface area contributed by atoms with E-state index < -0.39 is 10.0 Å². The fraction of sp³-hybridized carbons (Fsp3) is 0.625. The summed E-state index contributed by atoms with van der Waals surface area (Å²) in [5, 5.41) is 0. The van der Waals surface area contributed by atoms with Crippen molar-refractivity contribution in [2.45, 2.75) is 50.3 Å². The summed E-state index contributed by atoms with van der Waals surface area (Å²) in [6.07, 6.45) is 7.28. The topological polar surface area (TPSA) is 37.4 Å². The molecule has 0 bridgehead atoms. The van der Waals surface area contributed by atoms with Gasteiger partial charge in [0.1, 0.15) is 0 Å². The average molecular weight is 372 g/mol. The molecule has 1 heterocycles. The first-order valence-electron chi connectivity index (χ1n) is 7.69. The van der Waals surface area contributed by atoms with Crippen LogP contribution < -0.4 is 0 Å². The van der Waals surface area contributed by atoms with Crippen LogP contribution >= 0.6 is 15.9 Å². The van der Waals surface area contributed by atoms with Crippen LogP contribution in [0.15, 0.2) is 27.6 Å². The summed E-state index contributed by atoms with van der Waals surface area (Å²) in [6.45, 7) is 3.28. The summed E-state index contributed by atoms with van der Waals surface area (Å²) in [7, 11) is -3.34. The molecule has 21 heavy (non-hydrogen) atoms. The van der Waals surface area contributed by atoms with E-state index in [9.17, 15) is 8.42 Å². The minimum absolute atomic E-state index is 0.422. The number of sulfonamides is 1. The van der Waals surface area contributed by atoms with Gasteiger partial charge >= 0.3 is 0 Å². The van der Waals surface area contributed by atoms with Crippen molar-refractivity contribution in [3.63, 3.8) is 0 Å². The first-order valence-corrected chi connectivity index (χ1v) is 9.93. The smallest absolute Gasteiger partial charge is 0.207 e. The molecule has 2 fully saturated rings. The fourth-order valence-electron chi connectivity index (χ4n) is 3.75. The van der Waals surface area contributed by atoms with Crippen molar-refractivity contribution in [3.05, 3.63) is 28.2 Å². The Morgan fingerprint density at radius 3 is 2.29 bits per heavy atom.